The molecule has 0 radical (unpaired) electrons. The quantitative estimate of drug-likeness (QED) is 0.748. The Morgan fingerprint density at radius 2 is 2.00 bits per heavy atom. The summed E-state index contributed by atoms with van der Waals surface area (Å²) in [6.45, 7) is 3.11. The van der Waals surface area contributed by atoms with Gasteiger partial charge in [-0.15, -0.1) is 0 Å². The Bertz CT molecular complexity index is 454. The first-order valence-electron chi connectivity index (χ1n) is 6.37. The van der Waals surface area contributed by atoms with E-state index >= 15 is 0 Å². The number of pyridine rings is 1. The number of halogens is 5. The van der Waals surface area contributed by atoms with Crippen molar-refractivity contribution in [2.24, 2.45) is 5.92 Å². The number of hydrogen-bond donors (Lipinski definition) is 1. The molecule has 0 aromatic carbocycles. The van der Waals surface area contributed by atoms with E-state index in [2.05, 4.69) is 15.0 Å². The first kappa shape index (κ1) is 17.6. The SMILES string of the molecule is CC(C)CNCc1ccnc(OCC(F)(F)C(F)F)c1F. The van der Waals surface area contributed by atoms with Crippen LogP contribution < -0.4 is 10.1 Å². The molecule has 0 aliphatic heterocycles. The maximum atomic E-state index is 13.9. The lowest BCUT2D eigenvalue weighted by Gasteiger charge is -2.16. The van der Waals surface area contributed by atoms with E-state index in [1.165, 1.54) is 12.3 Å². The van der Waals surface area contributed by atoms with Gasteiger partial charge in [0.15, 0.2) is 12.4 Å². The molecule has 1 rings (SSSR count). The molecule has 0 atom stereocenters. The van der Waals surface area contributed by atoms with Gasteiger partial charge in [0, 0.05) is 18.3 Å². The van der Waals surface area contributed by atoms with Gasteiger partial charge in [0.25, 0.3) is 5.88 Å². The average molecular weight is 312 g/mol. The fraction of sp³-hybridized carbons (Fsp3) is 0.615. The number of hydrogen-bond acceptors (Lipinski definition) is 3. The van der Waals surface area contributed by atoms with Crippen molar-refractivity contribution in [1.82, 2.24) is 10.3 Å². The van der Waals surface area contributed by atoms with Gasteiger partial charge in [-0.25, -0.2) is 18.2 Å². The molecule has 0 aliphatic carbocycles. The smallest absolute Gasteiger partial charge is 0.340 e. The van der Waals surface area contributed by atoms with Crippen LogP contribution in [0.4, 0.5) is 22.0 Å². The molecular weight excluding hydrogens is 295 g/mol. The second-order valence-corrected chi connectivity index (χ2v) is 4.96. The lowest BCUT2D eigenvalue weighted by atomic mass is 10.2. The second-order valence-electron chi connectivity index (χ2n) is 4.96. The van der Waals surface area contributed by atoms with Gasteiger partial charge < -0.3 is 10.1 Å². The highest BCUT2D eigenvalue weighted by atomic mass is 19.3. The Morgan fingerprint density at radius 3 is 2.57 bits per heavy atom. The van der Waals surface area contributed by atoms with Crippen LogP contribution in [0.15, 0.2) is 12.3 Å². The lowest BCUT2D eigenvalue weighted by Crippen LogP contribution is -2.34. The van der Waals surface area contributed by atoms with Gasteiger partial charge in [0.05, 0.1) is 0 Å². The molecule has 0 fully saturated rings. The molecule has 0 bridgehead atoms. The monoisotopic (exact) mass is 312 g/mol. The lowest BCUT2D eigenvalue weighted by molar-refractivity contribution is -0.149. The predicted molar refractivity (Wildman–Crippen MR) is 67.2 cm³/mol. The van der Waals surface area contributed by atoms with E-state index in [-0.39, 0.29) is 12.1 Å². The zero-order valence-electron chi connectivity index (χ0n) is 11.7. The second kappa shape index (κ2) is 7.53. The standard InChI is InChI=1S/C13H17F5N2O/c1-8(2)5-19-6-9-3-4-20-11(10(9)14)21-7-13(17,18)12(15)16/h3-4,8,12,19H,5-7H2,1-2H3. The van der Waals surface area contributed by atoms with Crippen LogP contribution >= 0.6 is 0 Å². The Balaban J connectivity index is 2.68. The number of rotatable bonds is 8. The third-order valence-electron chi connectivity index (χ3n) is 2.53. The molecule has 0 aliphatic rings. The average Bonchev–Trinajstić information content (AvgIpc) is 2.38. The number of aromatic nitrogens is 1. The zero-order chi connectivity index (χ0) is 16.0. The molecule has 120 valence electrons. The highest BCUT2D eigenvalue weighted by Crippen LogP contribution is 2.25. The number of alkyl halides is 4. The maximum absolute atomic E-state index is 13.9. The van der Waals surface area contributed by atoms with E-state index in [0.29, 0.717) is 12.5 Å². The Hall–Kier alpha value is -1.44. The van der Waals surface area contributed by atoms with Crippen LogP contribution in [0.1, 0.15) is 19.4 Å². The van der Waals surface area contributed by atoms with Gasteiger partial charge in [-0.05, 0) is 18.5 Å². The maximum Gasteiger partial charge on any atom is 0.340 e. The van der Waals surface area contributed by atoms with E-state index < -0.39 is 30.7 Å². The minimum atomic E-state index is -4.35. The fourth-order valence-electron chi connectivity index (χ4n) is 1.42. The van der Waals surface area contributed by atoms with Crippen LogP contribution in [0.25, 0.3) is 0 Å². The topological polar surface area (TPSA) is 34.2 Å². The largest absolute Gasteiger partial charge is 0.469 e. The molecular formula is C13H17F5N2O. The van der Waals surface area contributed by atoms with E-state index in [1.54, 1.807) is 0 Å². The Labute approximate surface area is 119 Å². The summed E-state index contributed by atoms with van der Waals surface area (Å²) in [4.78, 5) is 3.44. The molecule has 0 amide bonds. The molecule has 1 N–H and O–H groups in total. The summed E-state index contributed by atoms with van der Waals surface area (Å²) in [7, 11) is 0. The summed E-state index contributed by atoms with van der Waals surface area (Å²) in [5.74, 6) is -5.63. The van der Waals surface area contributed by atoms with E-state index in [1.807, 2.05) is 13.8 Å². The van der Waals surface area contributed by atoms with Gasteiger partial charge in [-0.1, -0.05) is 13.8 Å². The molecule has 3 nitrogen and oxygen atoms in total. The molecule has 0 saturated heterocycles. The Morgan fingerprint density at radius 1 is 1.33 bits per heavy atom. The highest BCUT2D eigenvalue weighted by Gasteiger charge is 2.42. The first-order valence-corrected chi connectivity index (χ1v) is 6.37. The van der Waals surface area contributed by atoms with Gasteiger partial charge in [-0.3, -0.25) is 0 Å². The van der Waals surface area contributed by atoms with Crippen LogP contribution in [0.3, 0.4) is 0 Å². The van der Waals surface area contributed by atoms with Crippen molar-refractivity contribution in [2.75, 3.05) is 13.2 Å². The minimum Gasteiger partial charge on any atom is -0.469 e. The molecule has 0 saturated carbocycles. The fourth-order valence-corrected chi connectivity index (χ4v) is 1.42. The van der Waals surface area contributed by atoms with Crippen LogP contribution in [-0.4, -0.2) is 30.5 Å². The van der Waals surface area contributed by atoms with Crippen molar-refractivity contribution in [3.8, 4) is 5.88 Å². The molecule has 1 aromatic rings. The molecule has 1 heterocycles. The van der Waals surface area contributed by atoms with Crippen molar-refractivity contribution >= 4 is 0 Å². The zero-order valence-corrected chi connectivity index (χ0v) is 11.7. The molecule has 1 aromatic heterocycles. The number of nitrogens with one attached hydrogen (secondary N) is 1. The predicted octanol–water partition coefficient (Wildman–Crippen LogP) is 3.25. The molecule has 0 spiro atoms. The van der Waals surface area contributed by atoms with Crippen molar-refractivity contribution in [3.63, 3.8) is 0 Å². The molecule has 8 heteroatoms. The van der Waals surface area contributed by atoms with Crippen molar-refractivity contribution in [1.29, 1.82) is 0 Å². The van der Waals surface area contributed by atoms with E-state index in [0.717, 1.165) is 0 Å². The van der Waals surface area contributed by atoms with Crippen LogP contribution in [0.5, 0.6) is 5.88 Å². The minimum absolute atomic E-state index is 0.161. The van der Waals surface area contributed by atoms with Crippen molar-refractivity contribution in [2.45, 2.75) is 32.7 Å². The molecule has 0 unspecified atom stereocenters. The summed E-state index contributed by atoms with van der Waals surface area (Å²) in [6, 6.07) is 1.36. The summed E-state index contributed by atoms with van der Waals surface area (Å²) < 4.78 is 67.7. The van der Waals surface area contributed by atoms with E-state index in [4.69, 9.17) is 0 Å². The third kappa shape index (κ3) is 5.45. The summed E-state index contributed by atoms with van der Waals surface area (Å²) >= 11 is 0. The van der Waals surface area contributed by atoms with Gasteiger partial charge in [0.1, 0.15) is 0 Å². The van der Waals surface area contributed by atoms with E-state index in [9.17, 15) is 22.0 Å². The first-order chi connectivity index (χ1) is 9.74. The highest BCUT2D eigenvalue weighted by molar-refractivity contribution is 5.23. The van der Waals surface area contributed by atoms with Crippen LogP contribution in [0, 0.1) is 11.7 Å². The summed E-state index contributed by atoms with van der Waals surface area (Å²) in [6.07, 6.45) is -2.71. The summed E-state index contributed by atoms with van der Waals surface area (Å²) in [5.41, 5.74) is 0.168. The van der Waals surface area contributed by atoms with Crippen LogP contribution in [-0.2, 0) is 6.54 Å². The van der Waals surface area contributed by atoms with Crippen LogP contribution in [0.2, 0.25) is 0 Å². The third-order valence-corrected chi connectivity index (χ3v) is 2.53. The van der Waals surface area contributed by atoms with Crippen molar-refractivity contribution < 1.29 is 26.7 Å². The van der Waals surface area contributed by atoms with Crippen molar-refractivity contribution in [3.05, 3.63) is 23.6 Å². The number of ether oxygens (including phenoxy) is 1. The number of nitrogens with zero attached hydrogens (tertiary/aromatic N) is 1. The Kier molecular flexibility index (Phi) is 6.32. The normalized spacial score (nSPS) is 12.2. The summed E-state index contributed by atoms with van der Waals surface area (Å²) in [5, 5.41) is 2.97. The molecule has 21 heavy (non-hydrogen) atoms. The van der Waals surface area contributed by atoms with Gasteiger partial charge >= 0.3 is 12.3 Å². The van der Waals surface area contributed by atoms with Gasteiger partial charge in [0.2, 0.25) is 0 Å². The van der Waals surface area contributed by atoms with Gasteiger partial charge in [-0.2, -0.15) is 8.78 Å².